The number of aromatic nitrogens is 2. The van der Waals surface area contributed by atoms with E-state index in [1.807, 2.05) is 6.92 Å². The molecule has 40 heavy (non-hydrogen) atoms. The van der Waals surface area contributed by atoms with Gasteiger partial charge in [-0.2, -0.15) is 13.2 Å². The summed E-state index contributed by atoms with van der Waals surface area (Å²) in [4.78, 5) is 61.6. The number of thiazole rings is 2. The van der Waals surface area contributed by atoms with Crippen LogP contribution in [0.5, 0.6) is 0 Å². The summed E-state index contributed by atoms with van der Waals surface area (Å²) in [5, 5.41) is 24.5. The molecule has 0 spiro atoms. The molecule has 0 unspecified atom stereocenters. The largest absolute Gasteiger partial charge is 0.490 e. The Balaban J connectivity index is 0.000000559. The van der Waals surface area contributed by atoms with Crippen molar-refractivity contribution in [1.82, 2.24) is 20.2 Å². The molecule has 13 nitrogen and oxygen atoms in total. The van der Waals surface area contributed by atoms with Crippen molar-refractivity contribution < 1.29 is 47.4 Å². The average molecular weight is 621 g/mol. The van der Waals surface area contributed by atoms with Gasteiger partial charge in [0.05, 0.1) is 11.2 Å². The van der Waals surface area contributed by atoms with Gasteiger partial charge >= 0.3 is 18.1 Å². The van der Waals surface area contributed by atoms with Crippen LogP contribution in [-0.4, -0.2) is 85.0 Å². The van der Waals surface area contributed by atoms with Gasteiger partial charge in [-0.3, -0.25) is 14.5 Å². The summed E-state index contributed by atoms with van der Waals surface area (Å²) in [6.45, 7) is 1.86. The molecule has 2 aliphatic rings. The van der Waals surface area contributed by atoms with Gasteiger partial charge in [0, 0.05) is 16.0 Å². The molecule has 1 saturated heterocycles. The number of hydrogen-bond acceptors (Lipinski definition) is 12. The normalized spacial score (nSPS) is 19.0. The highest BCUT2D eigenvalue weighted by atomic mass is 32.2. The third-order valence-electron chi connectivity index (χ3n) is 5.11. The summed E-state index contributed by atoms with van der Waals surface area (Å²) >= 11 is 3.94. The number of halogens is 3. The first-order chi connectivity index (χ1) is 18.8. The number of nitrogen functional groups attached to an aromatic ring is 1. The molecule has 0 aliphatic carbocycles. The Bertz CT molecular complexity index is 1420. The van der Waals surface area contributed by atoms with E-state index in [4.69, 9.17) is 20.5 Å². The van der Waals surface area contributed by atoms with Crippen molar-refractivity contribution >= 4 is 75.1 Å². The lowest BCUT2D eigenvalue weighted by atomic mass is 10.0. The van der Waals surface area contributed by atoms with Gasteiger partial charge in [-0.15, -0.1) is 34.4 Å². The van der Waals surface area contributed by atoms with Gasteiger partial charge in [0.25, 0.3) is 11.8 Å². The molecule has 1 fully saturated rings. The number of carbonyl (C=O) groups is 4. The van der Waals surface area contributed by atoms with E-state index < -0.39 is 41.3 Å². The molecule has 0 radical (unpaired) electrons. The van der Waals surface area contributed by atoms with Crippen LogP contribution in [0, 0.1) is 6.92 Å². The van der Waals surface area contributed by atoms with Crippen LogP contribution >= 0.6 is 34.4 Å². The van der Waals surface area contributed by atoms with Gasteiger partial charge in [0.15, 0.2) is 10.8 Å². The summed E-state index contributed by atoms with van der Waals surface area (Å²) in [5.74, 6) is -4.80. The van der Waals surface area contributed by atoms with Gasteiger partial charge in [-0.25, -0.2) is 19.6 Å². The van der Waals surface area contributed by atoms with Crippen LogP contribution in [0.1, 0.15) is 16.3 Å². The number of hydrogen-bond donors (Lipinski definition) is 4. The number of thioether (sulfide) groups is 1. The number of alkyl halides is 3. The maximum Gasteiger partial charge on any atom is 0.490 e. The van der Waals surface area contributed by atoms with Crippen molar-refractivity contribution in [2.45, 2.75) is 24.5 Å². The lowest BCUT2D eigenvalue weighted by Gasteiger charge is -2.49. The first-order valence-electron chi connectivity index (χ1n) is 10.7. The fourth-order valence-corrected chi connectivity index (χ4v) is 5.88. The van der Waals surface area contributed by atoms with E-state index in [0.717, 1.165) is 21.9 Å². The van der Waals surface area contributed by atoms with E-state index in [9.17, 15) is 32.7 Å². The molecule has 4 rings (SSSR count). The Morgan fingerprint density at radius 3 is 2.45 bits per heavy atom. The Morgan fingerprint density at radius 2 is 1.95 bits per heavy atom. The average Bonchev–Trinajstić information content (AvgIpc) is 3.50. The number of oxime groups is 1. The zero-order valence-electron chi connectivity index (χ0n) is 20.3. The van der Waals surface area contributed by atoms with Crippen LogP contribution in [0.4, 0.5) is 18.3 Å². The smallest absolute Gasteiger partial charge is 0.477 e. The van der Waals surface area contributed by atoms with Gasteiger partial charge in [0.1, 0.15) is 29.9 Å². The highest BCUT2D eigenvalue weighted by molar-refractivity contribution is 8.00. The second-order valence-corrected chi connectivity index (χ2v) is 10.6. The number of rotatable bonds is 7. The highest BCUT2D eigenvalue weighted by Crippen LogP contribution is 2.41. The van der Waals surface area contributed by atoms with Gasteiger partial charge in [-0.05, 0) is 18.6 Å². The van der Waals surface area contributed by atoms with Crippen LogP contribution < -0.4 is 11.1 Å². The highest BCUT2D eigenvalue weighted by Gasteiger charge is 2.54. The Labute approximate surface area is 235 Å². The minimum atomic E-state index is -5.08. The van der Waals surface area contributed by atoms with Gasteiger partial charge in [-0.1, -0.05) is 11.2 Å². The Hall–Kier alpha value is -3.97. The first-order valence-corrected chi connectivity index (χ1v) is 13.5. The van der Waals surface area contributed by atoms with Crippen molar-refractivity contribution in [2.24, 2.45) is 5.16 Å². The number of nitrogens with zero attached hydrogens (tertiary/aromatic N) is 4. The van der Waals surface area contributed by atoms with Crippen molar-refractivity contribution in [1.29, 1.82) is 0 Å². The van der Waals surface area contributed by atoms with Crippen molar-refractivity contribution in [3.8, 4) is 0 Å². The van der Waals surface area contributed by atoms with Crippen molar-refractivity contribution in [2.75, 3.05) is 18.6 Å². The molecule has 4 heterocycles. The Kier molecular flexibility index (Phi) is 9.53. The SMILES string of the molecule is CO/N=C(\C(=O)N[C@@H]1C(=O)N2C(C(=O)O)=C(/C=C\c3scnc3C)CS[C@H]12)c1csc(N)n1.O=C(O)C(F)(F)F. The van der Waals surface area contributed by atoms with Crippen LogP contribution in [0.2, 0.25) is 0 Å². The minimum Gasteiger partial charge on any atom is -0.477 e. The number of carboxylic acid groups (broad SMARTS) is 2. The lowest BCUT2D eigenvalue weighted by Crippen LogP contribution is -2.71. The lowest BCUT2D eigenvalue weighted by molar-refractivity contribution is -0.192. The zero-order chi connectivity index (χ0) is 29.8. The molecule has 0 saturated carbocycles. The maximum atomic E-state index is 12.9. The molecule has 2 aromatic rings. The van der Waals surface area contributed by atoms with Crippen LogP contribution in [-0.2, 0) is 24.0 Å². The van der Waals surface area contributed by atoms with Gasteiger partial charge < -0.3 is 26.1 Å². The molecule has 5 N–H and O–H groups in total. The van der Waals surface area contributed by atoms with Crippen LogP contribution in [0.15, 0.2) is 33.4 Å². The summed E-state index contributed by atoms with van der Waals surface area (Å²) in [6, 6.07) is -0.913. The molecule has 0 aromatic carbocycles. The maximum absolute atomic E-state index is 12.9. The van der Waals surface area contributed by atoms with E-state index in [1.54, 1.807) is 23.0 Å². The number of fused-ring (bicyclic) bond motifs is 1. The summed E-state index contributed by atoms with van der Waals surface area (Å²) in [7, 11) is 1.28. The Morgan fingerprint density at radius 1 is 1.27 bits per heavy atom. The molecule has 0 bridgehead atoms. The minimum absolute atomic E-state index is 0.0919. The van der Waals surface area contributed by atoms with E-state index in [2.05, 4.69) is 20.4 Å². The fraction of sp³-hybridized carbons (Fsp3) is 0.286. The van der Waals surface area contributed by atoms with E-state index >= 15 is 0 Å². The number of β-lactam (4-membered cyclic amide) rings is 1. The topological polar surface area (TPSA) is 197 Å². The third-order valence-corrected chi connectivity index (χ3v) is 7.98. The fourth-order valence-electron chi connectivity index (χ4n) is 3.32. The van der Waals surface area contributed by atoms with Crippen molar-refractivity contribution in [3.63, 3.8) is 0 Å². The molecule has 2 aliphatic heterocycles. The number of nitrogens with two attached hydrogens (primary N) is 1. The molecule has 2 aromatic heterocycles. The summed E-state index contributed by atoms with van der Waals surface area (Å²) in [6.07, 6.45) is -1.59. The second kappa shape index (κ2) is 12.5. The standard InChI is InChI=1S/C19H18N6O5S3.C2HF3O2/c1-8-11(33-7-21-8)4-3-9-5-31-17-13(16(27)25(17)14(9)18(28)29)23-15(26)12(24-30-2)10-6-32-19(20)22-10;3-2(4,5)1(6)7/h3-4,6-7,13,17H,5H2,1-2H3,(H2,20,22)(H,23,26)(H,28,29);(H,6,7)/b4-3-,24-12-;/t13-,17-;/m1./s1. The second-order valence-electron chi connectivity index (χ2n) is 7.67. The zero-order valence-corrected chi connectivity index (χ0v) is 22.8. The molecule has 214 valence electrons. The predicted octanol–water partition coefficient (Wildman–Crippen LogP) is 1.93. The van der Waals surface area contributed by atoms with E-state index in [0.29, 0.717) is 11.3 Å². The molecule has 19 heteroatoms. The predicted molar refractivity (Wildman–Crippen MR) is 139 cm³/mol. The molecular formula is C21H19F3N6O7S3. The summed E-state index contributed by atoms with van der Waals surface area (Å²) < 4.78 is 31.7. The molecular weight excluding hydrogens is 601 g/mol. The first kappa shape index (κ1) is 30.6. The number of anilines is 1. The number of aryl methyl sites for hydroxylation is 1. The number of nitrogens with one attached hydrogen (secondary N) is 1. The number of allylic oxidation sites excluding steroid dienone is 1. The number of carboxylic acids is 2. The third kappa shape index (κ3) is 6.77. The van der Waals surface area contributed by atoms with Gasteiger partial charge in [0.2, 0.25) is 0 Å². The number of aliphatic carboxylic acids is 2. The van der Waals surface area contributed by atoms with E-state index in [1.165, 1.54) is 35.1 Å². The number of amides is 2. The van der Waals surface area contributed by atoms with Crippen molar-refractivity contribution in [3.05, 3.63) is 44.5 Å². The number of carbonyl (C=O) groups excluding carboxylic acids is 2. The monoisotopic (exact) mass is 620 g/mol. The summed E-state index contributed by atoms with van der Waals surface area (Å²) in [5.41, 5.74) is 8.68. The van der Waals surface area contributed by atoms with Crippen LogP contribution in [0.25, 0.3) is 6.08 Å². The molecule has 2 atom stereocenters. The van der Waals surface area contributed by atoms with Crippen LogP contribution in [0.3, 0.4) is 0 Å². The molecule has 2 amide bonds. The quantitative estimate of drug-likeness (QED) is 0.200. The van der Waals surface area contributed by atoms with E-state index in [-0.39, 0.29) is 22.2 Å².